The Hall–Kier alpha value is -1.06. The van der Waals surface area contributed by atoms with Gasteiger partial charge in [-0.3, -0.25) is 0 Å². The summed E-state index contributed by atoms with van der Waals surface area (Å²) in [5.74, 6) is 2.07. The summed E-state index contributed by atoms with van der Waals surface area (Å²) in [5.41, 5.74) is 0.862. The predicted octanol–water partition coefficient (Wildman–Crippen LogP) is 3.18. The number of benzene rings is 1. The third kappa shape index (κ3) is 1.56. The monoisotopic (exact) mass is 288 g/mol. The van der Waals surface area contributed by atoms with E-state index in [4.69, 9.17) is 9.47 Å². The summed E-state index contributed by atoms with van der Waals surface area (Å²) >= 11 is 0. The summed E-state index contributed by atoms with van der Waals surface area (Å²) < 4.78 is 12.7. The average Bonchev–Trinajstić information content (AvgIpc) is 2.46. The van der Waals surface area contributed by atoms with Gasteiger partial charge >= 0.3 is 0 Å². The Morgan fingerprint density at radius 1 is 1.29 bits per heavy atom. The van der Waals surface area contributed by atoms with Gasteiger partial charge in [-0.15, -0.1) is 0 Å². The van der Waals surface area contributed by atoms with E-state index in [1.807, 2.05) is 6.07 Å². The van der Waals surface area contributed by atoms with Gasteiger partial charge in [-0.25, -0.2) is 0 Å². The third-order valence-corrected chi connectivity index (χ3v) is 6.56. The van der Waals surface area contributed by atoms with E-state index in [1.165, 1.54) is 5.56 Å². The molecule has 0 amide bonds. The maximum Gasteiger partial charge on any atom is 0.125 e. The molecule has 1 N–H and O–H groups in total. The van der Waals surface area contributed by atoms with Crippen LogP contribution in [0.15, 0.2) is 24.3 Å². The minimum Gasteiger partial charge on any atom is -0.487 e. The molecule has 3 nitrogen and oxygen atoms in total. The lowest BCUT2D eigenvalue weighted by Gasteiger charge is -2.63. The van der Waals surface area contributed by atoms with E-state index in [1.54, 1.807) is 0 Å². The Morgan fingerprint density at radius 3 is 2.81 bits per heavy atom. The van der Waals surface area contributed by atoms with Gasteiger partial charge in [0.1, 0.15) is 11.4 Å². The van der Waals surface area contributed by atoms with Crippen LogP contribution in [0, 0.1) is 23.2 Å². The highest BCUT2D eigenvalue weighted by atomic mass is 16.5. The quantitative estimate of drug-likeness (QED) is 0.862. The second-order valence-electron chi connectivity index (χ2n) is 7.50. The Balaban J connectivity index is 1.87. The van der Waals surface area contributed by atoms with Gasteiger partial charge < -0.3 is 14.6 Å². The predicted molar refractivity (Wildman–Crippen MR) is 80.1 cm³/mol. The van der Waals surface area contributed by atoms with E-state index in [-0.39, 0.29) is 23.7 Å². The second-order valence-corrected chi connectivity index (χ2v) is 7.50. The molecule has 0 aromatic heterocycles. The van der Waals surface area contributed by atoms with E-state index >= 15 is 0 Å². The Labute approximate surface area is 126 Å². The molecule has 1 aliphatic carbocycles. The van der Waals surface area contributed by atoms with E-state index in [0.717, 1.165) is 12.2 Å². The zero-order valence-electron chi connectivity index (χ0n) is 13.0. The van der Waals surface area contributed by atoms with Crippen molar-refractivity contribution in [2.45, 2.75) is 38.9 Å². The molecule has 3 aliphatic rings. The molecule has 0 radical (unpaired) electrons. The van der Waals surface area contributed by atoms with E-state index < -0.39 is 0 Å². The number of aliphatic hydroxyl groups excluding tert-OH is 1. The normalized spacial score (nSPS) is 47.4. The first-order valence-electron chi connectivity index (χ1n) is 8.02. The molecular formula is C18H24O3. The highest BCUT2D eigenvalue weighted by molar-refractivity contribution is 5.40. The molecule has 2 fully saturated rings. The molecule has 4 rings (SSSR count). The SMILES string of the molecule is C[C@@H]1C[C@]2(C)Oc3ccccc3[C@H]3OC[C@@]1(CO)[C@@H](C)[C@H]32. The Morgan fingerprint density at radius 2 is 2.05 bits per heavy atom. The Bertz CT molecular complexity index is 571. The Kier molecular flexibility index (Phi) is 2.74. The van der Waals surface area contributed by atoms with Gasteiger partial charge in [0.05, 0.1) is 19.3 Å². The molecule has 1 aromatic carbocycles. The van der Waals surface area contributed by atoms with Crippen molar-refractivity contribution < 1.29 is 14.6 Å². The minimum absolute atomic E-state index is 0.0992. The van der Waals surface area contributed by atoms with E-state index in [2.05, 4.69) is 39.0 Å². The van der Waals surface area contributed by atoms with Gasteiger partial charge in [-0.1, -0.05) is 32.0 Å². The maximum atomic E-state index is 10.1. The van der Waals surface area contributed by atoms with Crippen molar-refractivity contribution in [3.8, 4) is 5.75 Å². The van der Waals surface area contributed by atoms with Gasteiger partial charge in [0.2, 0.25) is 0 Å². The fraction of sp³-hybridized carbons (Fsp3) is 0.667. The number of ether oxygens (including phenoxy) is 2. The first-order valence-corrected chi connectivity index (χ1v) is 8.02. The van der Waals surface area contributed by atoms with Crippen LogP contribution in [-0.4, -0.2) is 23.9 Å². The first kappa shape index (κ1) is 13.6. The molecule has 1 saturated heterocycles. The smallest absolute Gasteiger partial charge is 0.125 e. The van der Waals surface area contributed by atoms with Crippen LogP contribution in [0.1, 0.15) is 38.9 Å². The standard InChI is InChI=1S/C18H24O3/c1-11-8-17(3)15-12(2)18(11,9-19)10-20-16(15)13-6-4-5-7-14(13)21-17/h4-7,11-12,15-16,19H,8-10H2,1-3H3/t11-,12+,15-,16-,17+,18-/m1/s1. The summed E-state index contributed by atoms with van der Waals surface area (Å²) in [4.78, 5) is 0. The molecule has 2 aliphatic heterocycles. The van der Waals surface area contributed by atoms with Crippen molar-refractivity contribution in [1.29, 1.82) is 0 Å². The van der Waals surface area contributed by atoms with E-state index in [0.29, 0.717) is 24.4 Å². The molecule has 1 saturated carbocycles. The molecule has 1 aromatic rings. The van der Waals surface area contributed by atoms with Crippen molar-refractivity contribution in [1.82, 2.24) is 0 Å². The van der Waals surface area contributed by atoms with Crippen molar-refractivity contribution in [3.05, 3.63) is 29.8 Å². The number of rotatable bonds is 1. The molecular weight excluding hydrogens is 264 g/mol. The van der Waals surface area contributed by atoms with Crippen LogP contribution in [0.25, 0.3) is 0 Å². The van der Waals surface area contributed by atoms with Crippen LogP contribution in [0.5, 0.6) is 5.75 Å². The van der Waals surface area contributed by atoms with Crippen LogP contribution in [0.3, 0.4) is 0 Å². The summed E-state index contributed by atoms with van der Waals surface area (Å²) in [5, 5.41) is 10.1. The van der Waals surface area contributed by atoms with Crippen LogP contribution in [-0.2, 0) is 4.74 Å². The number of aliphatic hydroxyl groups is 1. The average molecular weight is 288 g/mol. The number of fused-ring (bicyclic) bond motifs is 3. The molecule has 0 spiro atoms. The van der Waals surface area contributed by atoms with Crippen LogP contribution >= 0.6 is 0 Å². The van der Waals surface area contributed by atoms with Gasteiger partial charge in [-0.2, -0.15) is 0 Å². The fourth-order valence-corrected chi connectivity index (χ4v) is 5.29. The van der Waals surface area contributed by atoms with Gasteiger partial charge in [-0.05, 0) is 31.2 Å². The molecule has 21 heavy (non-hydrogen) atoms. The molecule has 2 bridgehead atoms. The highest BCUT2D eigenvalue weighted by Crippen LogP contribution is 2.63. The highest BCUT2D eigenvalue weighted by Gasteiger charge is 2.64. The topological polar surface area (TPSA) is 38.7 Å². The van der Waals surface area contributed by atoms with Gasteiger partial charge in [0.15, 0.2) is 0 Å². The van der Waals surface area contributed by atoms with Crippen LogP contribution in [0.2, 0.25) is 0 Å². The number of para-hydroxylation sites is 1. The number of hydrogen-bond donors (Lipinski definition) is 1. The fourth-order valence-electron chi connectivity index (χ4n) is 5.29. The summed E-state index contributed by atoms with van der Waals surface area (Å²) in [6.07, 6.45) is 1.08. The molecule has 3 heteroatoms. The molecule has 0 unspecified atom stereocenters. The van der Waals surface area contributed by atoms with E-state index in [9.17, 15) is 5.11 Å². The largest absolute Gasteiger partial charge is 0.487 e. The minimum atomic E-state index is -0.197. The lowest BCUT2D eigenvalue weighted by Crippen LogP contribution is -2.65. The van der Waals surface area contributed by atoms with Gasteiger partial charge in [0.25, 0.3) is 0 Å². The van der Waals surface area contributed by atoms with Gasteiger partial charge in [0, 0.05) is 16.9 Å². The van der Waals surface area contributed by atoms with Crippen molar-refractivity contribution >= 4 is 0 Å². The lowest BCUT2D eigenvalue weighted by molar-refractivity contribution is -0.260. The van der Waals surface area contributed by atoms with Crippen LogP contribution < -0.4 is 4.74 Å². The zero-order chi connectivity index (χ0) is 14.8. The third-order valence-electron chi connectivity index (χ3n) is 6.56. The summed E-state index contributed by atoms with van der Waals surface area (Å²) in [6.45, 7) is 7.60. The number of hydrogen-bond acceptors (Lipinski definition) is 3. The van der Waals surface area contributed by atoms with Crippen LogP contribution in [0.4, 0.5) is 0 Å². The molecule has 114 valence electrons. The second kappa shape index (κ2) is 4.23. The van der Waals surface area contributed by atoms with Crippen molar-refractivity contribution in [2.24, 2.45) is 23.2 Å². The lowest BCUT2D eigenvalue weighted by atomic mass is 9.50. The zero-order valence-corrected chi connectivity index (χ0v) is 13.0. The summed E-state index contributed by atoms with van der Waals surface area (Å²) in [6, 6.07) is 8.26. The first-order chi connectivity index (χ1) is 10.0. The molecule has 2 heterocycles. The maximum absolute atomic E-state index is 10.1. The summed E-state index contributed by atoms with van der Waals surface area (Å²) in [7, 11) is 0. The van der Waals surface area contributed by atoms with Crippen molar-refractivity contribution in [2.75, 3.05) is 13.2 Å². The van der Waals surface area contributed by atoms with Crippen molar-refractivity contribution in [3.63, 3.8) is 0 Å². The molecule has 6 atom stereocenters.